The molecule has 0 aliphatic carbocycles. The van der Waals surface area contributed by atoms with E-state index in [1.54, 1.807) is 19.2 Å². The molecular formula is C12H15FN2O. The van der Waals surface area contributed by atoms with Gasteiger partial charge in [0.25, 0.3) is 0 Å². The number of rotatable bonds is 0. The van der Waals surface area contributed by atoms with E-state index >= 15 is 0 Å². The van der Waals surface area contributed by atoms with Crippen molar-refractivity contribution in [3.63, 3.8) is 0 Å². The van der Waals surface area contributed by atoms with E-state index in [0.717, 1.165) is 0 Å². The third kappa shape index (κ3) is 1.54. The number of nitrogens with zero attached hydrogens (tertiary/aromatic N) is 1. The maximum atomic E-state index is 13.6. The van der Waals surface area contributed by atoms with E-state index in [1.807, 2.05) is 13.8 Å². The molecule has 0 fully saturated rings. The molecule has 86 valence electrons. The van der Waals surface area contributed by atoms with Crippen molar-refractivity contribution in [3.05, 3.63) is 24.0 Å². The van der Waals surface area contributed by atoms with Crippen LogP contribution in [-0.4, -0.2) is 19.5 Å². The zero-order valence-corrected chi connectivity index (χ0v) is 9.67. The van der Waals surface area contributed by atoms with Crippen LogP contribution in [0.1, 0.15) is 13.8 Å². The molecule has 2 rings (SSSR count). The summed E-state index contributed by atoms with van der Waals surface area (Å²) in [7, 11) is 1.68. The van der Waals surface area contributed by atoms with E-state index < -0.39 is 5.41 Å². The first kappa shape index (κ1) is 10.9. The summed E-state index contributed by atoms with van der Waals surface area (Å²) in [5.74, 6) is -0.334. The molecule has 16 heavy (non-hydrogen) atoms. The van der Waals surface area contributed by atoms with Crippen molar-refractivity contribution in [2.45, 2.75) is 13.8 Å². The third-order valence-corrected chi connectivity index (χ3v) is 2.94. The molecule has 0 radical (unpaired) electrons. The Labute approximate surface area is 94.3 Å². The van der Waals surface area contributed by atoms with E-state index in [-0.39, 0.29) is 11.7 Å². The molecule has 1 aliphatic heterocycles. The van der Waals surface area contributed by atoms with Crippen LogP contribution in [0.5, 0.6) is 0 Å². The van der Waals surface area contributed by atoms with Crippen LogP contribution in [0.3, 0.4) is 0 Å². The number of fused-ring (bicyclic) bond motifs is 1. The molecule has 1 N–H and O–H groups in total. The first-order valence-corrected chi connectivity index (χ1v) is 5.24. The van der Waals surface area contributed by atoms with E-state index in [1.165, 1.54) is 11.0 Å². The Kier molecular flexibility index (Phi) is 2.37. The van der Waals surface area contributed by atoms with Gasteiger partial charge in [0.1, 0.15) is 5.82 Å². The second kappa shape index (κ2) is 3.47. The first-order valence-electron chi connectivity index (χ1n) is 5.24. The lowest BCUT2D eigenvalue weighted by atomic mass is 9.92. The van der Waals surface area contributed by atoms with Gasteiger partial charge in [-0.2, -0.15) is 0 Å². The maximum absolute atomic E-state index is 13.6. The fourth-order valence-electron chi connectivity index (χ4n) is 1.92. The number of hydrogen-bond donors (Lipinski definition) is 1. The van der Waals surface area contributed by atoms with Gasteiger partial charge in [0.15, 0.2) is 0 Å². The summed E-state index contributed by atoms with van der Waals surface area (Å²) in [6, 6.07) is 4.74. The number of carbonyl (C=O) groups excluding carboxylic acids is 1. The highest BCUT2D eigenvalue weighted by atomic mass is 19.1. The zero-order valence-electron chi connectivity index (χ0n) is 9.67. The molecule has 0 aromatic heterocycles. The van der Waals surface area contributed by atoms with Crippen LogP contribution in [-0.2, 0) is 4.79 Å². The van der Waals surface area contributed by atoms with Crippen molar-refractivity contribution in [1.29, 1.82) is 0 Å². The standard InChI is InChI=1S/C12H15FN2O/c1-12(2)7-14-10-8(13)5-4-6-9(10)15(3)11(12)16/h4-6,14H,7H2,1-3H3. The number of nitrogens with one attached hydrogen (secondary N) is 1. The summed E-state index contributed by atoms with van der Waals surface area (Å²) in [6.45, 7) is 4.13. The molecule has 1 heterocycles. The Balaban J connectivity index is 2.55. The summed E-state index contributed by atoms with van der Waals surface area (Å²) in [5.41, 5.74) is 0.472. The van der Waals surface area contributed by atoms with Gasteiger partial charge in [0.05, 0.1) is 16.8 Å². The molecule has 1 amide bonds. The second-order valence-corrected chi connectivity index (χ2v) is 4.74. The highest BCUT2D eigenvalue weighted by Gasteiger charge is 2.35. The molecule has 1 aromatic carbocycles. The van der Waals surface area contributed by atoms with Crippen LogP contribution < -0.4 is 10.2 Å². The Morgan fingerprint density at radius 2 is 2.12 bits per heavy atom. The van der Waals surface area contributed by atoms with Crippen LogP contribution in [0.25, 0.3) is 0 Å². The molecular weight excluding hydrogens is 207 g/mol. The Bertz CT molecular complexity index is 443. The van der Waals surface area contributed by atoms with Gasteiger partial charge in [-0.25, -0.2) is 4.39 Å². The van der Waals surface area contributed by atoms with Gasteiger partial charge in [0, 0.05) is 13.6 Å². The Hall–Kier alpha value is -1.58. The SMILES string of the molecule is CN1C(=O)C(C)(C)CNc2c(F)cccc21. The van der Waals surface area contributed by atoms with Crippen molar-refractivity contribution in [3.8, 4) is 0 Å². The highest BCUT2D eigenvalue weighted by Crippen LogP contribution is 2.34. The van der Waals surface area contributed by atoms with Gasteiger partial charge in [-0.3, -0.25) is 4.79 Å². The largest absolute Gasteiger partial charge is 0.380 e. The average Bonchev–Trinajstić information content (AvgIpc) is 2.32. The number of halogens is 1. The Morgan fingerprint density at radius 3 is 2.81 bits per heavy atom. The zero-order chi connectivity index (χ0) is 11.9. The molecule has 0 spiro atoms. The fraction of sp³-hybridized carbons (Fsp3) is 0.417. The van der Waals surface area contributed by atoms with Gasteiger partial charge >= 0.3 is 0 Å². The number of benzene rings is 1. The molecule has 0 saturated heterocycles. The predicted octanol–water partition coefficient (Wildman–Crippen LogP) is 2.24. The minimum Gasteiger partial charge on any atom is -0.380 e. The summed E-state index contributed by atoms with van der Waals surface area (Å²) in [4.78, 5) is 13.6. The van der Waals surface area contributed by atoms with Crippen LogP contribution in [0.2, 0.25) is 0 Å². The summed E-state index contributed by atoms with van der Waals surface area (Å²) >= 11 is 0. The topological polar surface area (TPSA) is 32.3 Å². The van der Waals surface area contributed by atoms with Crippen molar-refractivity contribution in [2.75, 3.05) is 23.8 Å². The summed E-state index contributed by atoms with van der Waals surface area (Å²) < 4.78 is 13.6. The molecule has 3 nitrogen and oxygen atoms in total. The molecule has 0 unspecified atom stereocenters. The third-order valence-electron chi connectivity index (χ3n) is 2.94. The van der Waals surface area contributed by atoms with Gasteiger partial charge in [-0.05, 0) is 26.0 Å². The quantitative estimate of drug-likeness (QED) is 0.730. The molecule has 4 heteroatoms. The van der Waals surface area contributed by atoms with Crippen molar-refractivity contribution >= 4 is 17.3 Å². The molecule has 1 aromatic rings. The van der Waals surface area contributed by atoms with E-state index in [4.69, 9.17) is 0 Å². The van der Waals surface area contributed by atoms with Gasteiger partial charge in [-0.1, -0.05) is 6.07 Å². The minimum absolute atomic E-state index is 0.00986. The van der Waals surface area contributed by atoms with E-state index in [9.17, 15) is 9.18 Å². The van der Waals surface area contributed by atoms with Crippen LogP contribution in [0, 0.1) is 11.2 Å². The highest BCUT2D eigenvalue weighted by molar-refractivity contribution is 6.01. The monoisotopic (exact) mass is 222 g/mol. The molecule has 0 atom stereocenters. The smallest absolute Gasteiger partial charge is 0.234 e. The maximum Gasteiger partial charge on any atom is 0.234 e. The van der Waals surface area contributed by atoms with Crippen LogP contribution in [0.4, 0.5) is 15.8 Å². The average molecular weight is 222 g/mol. The van der Waals surface area contributed by atoms with Crippen LogP contribution in [0.15, 0.2) is 18.2 Å². The number of para-hydroxylation sites is 1. The van der Waals surface area contributed by atoms with E-state index in [2.05, 4.69) is 5.32 Å². The van der Waals surface area contributed by atoms with Gasteiger partial charge < -0.3 is 10.2 Å². The number of hydrogen-bond acceptors (Lipinski definition) is 2. The minimum atomic E-state index is -0.528. The molecule has 0 saturated carbocycles. The van der Waals surface area contributed by atoms with Crippen molar-refractivity contribution in [2.24, 2.45) is 5.41 Å². The van der Waals surface area contributed by atoms with E-state index in [0.29, 0.717) is 17.9 Å². The fourth-order valence-corrected chi connectivity index (χ4v) is 1.92. The first-order chi connectivity index (χ1) is 7.43. The lowest BCUT2D eigenvalue weighted by molar-refractivity contribution is -0.125. The molecule has 1 aliphatic rings. The Morgan fingerprint density at radius 1 is 1.44 bits per heavy atom. The number of carbonyl (C=O) groups is 1. The second-order valence-electron chi connectivity index (χ2n) is 4.74. The lowest BCUT2D eigenvalue weighted by Gasteiger charge is -2.25. The summed E-state index contributed by atoms with van der Waals surface area (Å²) in [6.07, 6.45) is 0. The van der Waals surface area contributed by atoms with Crippen molar-refractivity contribution < 1.29 is 9.18 Å². The summed E-state index contributed by atoms with van der Waals surface area (Å²) in [5, 5.41) is 3.01. The normalized spacial score (nSPS) is 18.8. The predicted molar refractivity (Wildman–Crippen MR) is 62.1 cm³/mol. The number of amides is 1. The van der Waals surface area contributed by atoms with Gasteiger partial charge in [0.2, 0.25) is 5.91 Å². The molecule has 0 bridgehead atoms. The van der Waals surface area contributed by atoms with Gasteiger partial charge in [-0.15, -0.1) is 0 Å². The number of anilines is 2. The lowest BCUT2D eigenvalue weighted by Crippen LogP contribution is -2.40. The van der Waals surface area contributed by atoms with Crippen molar-refractivity contribution in [1.82, 2.24) is 0 Å². The van der Waals surface area contributed by atoms with Crippen LogP contribution >= 0.6 is 0 Å².